The first kappa shape index (κ1) is 19.9. The number of hydrogen-bond donors (Lipinski definition) is 2. The fourth-order valence-corrected chi connectivity index (χ4v) is 3.06. The third-order valence-corrected chi connectivity index (χ3v) is 4.85. The molecule has 1 aliphatic carbocycles. The van der Waals surface area contributed by atoms with E-state index < -0.39 is 4.92 Å². The van der Waals surface area contributed by atoms with Crippen molar-refractivity contribution in [2.24, 2.45) is 4.99 Å². The first-order valence-corrected chi connectivity index (χ1v) is 9.77. The Hall–Kier alpha value is -2.84. The molecule has 1 heterocycles. The van der Waals surface area contributed by atoms with E-state index >= 15 is 0 Å². The molecule has 1 saturated carbocycles. The van der Waals surface area contributed by atoms with Gasteiger partial charge in [-0.05, 0) is 38.2 Å². The van der Waals surface area contributed by atoms with Crippen LogP contribution in [0.5, 0.6) is 0 Å². The second kappa shape index (κ2) is 9.38. The molecule has 0 bridgehead atoms. The molecule has 1 aromatic carbocycles. The van der Waals surface area contributed by atoms with Gasteiger partial charge in [-0.2, -0.15) is 0 Å². The van der Waals surface area contributed by atoms with Gasteiger partial charge >= 0.3 is 6.09 Å². The summed E-state index contributed by atoms with van der Waals surface area (Å²) < 4.78 is 5.06. The molecule has 1 aromatic rings. The average molecular weight is 389 g/mol. The van der Waals surface area contributed by atoms with Gasteiger partial charge in [-0.15, -0.1) is 0 Å². The monoisotopic (exact) mass is 389 g/mol. The fraction of sp³-hybridized carbons (Fsp3) is 0.579. The molecular weight excluding hydrogens is 362 g/mol. The van der Waals surface area contributed by atoms with E-state index in [1.165, 1.54) is 12.1 Å². The molecule has 9 heteroatoms. The minimum Gasteiger partial charge on any atom is -0.450 e. The van der Waals surface area contributed by atoms with Gasteiger partial charge in [-0.1, -0.05) is 12.1 Å². The van der Waals surface area contributed by atoms with Crippen LogP contribution in [0.1, 0.15) is 38.2 Å². The van der Waals surface area contributed by atoms with Gasteiger partial charge in [0.15, 0.2) is 5.96 Å². The summed E-state index contributed by atoms with van der Waals surface area (Å²) in [5.41, 5.74) is 0.996. The maximum Gasteiger partial charge on any atom is 0.409 e. The standard InChI is InChI=1S/C19H27N5O4/c1-2-28-19(25)23-11-9-16(10-12-23)22-18(21-15-5-6-15)20-13-14-3-7-17(8-4-14)24(26)27/h3-4,7-8,15-16H,2,5-6,9-13H2,1H3,(H2,20,21,22). The van der Waals surface area contributed by atoms with Crippen LogP contribution < -0.4 is 10.6 Å². The molecule has 0 atom stereocenters. The third kappa shape index (κ3) is 5.83. The van der Waals surface area contributed by atoms with E-state index in [0.717, 1.165) is 37.2 Å². The van der Waals surface area contributed by atoms with Gasteiger partial charge in [0.1, 0.15) is 0 Å². The van der Waals surface area contributed by atoms with Crippen molar-refractivity contribution < 1.29 is 14.5 Å². The second-order valence-electron chi connectivity index (χ2n) is 7.11. The van der Waals surface area contributed by atoms with Crippen LogP contribution in [-0.4, -0.2) is 53.7 Å². The number of benzene rings is 1. The molecule has 0 aromatic heterocycles. The maximum absolute atomic E-state index is 11.8. The summed E-state index contributed by atoms with van der Waals surface area (Å²) in [4.78, 5) is 28.5. The lowest BCUT2D eigenvalue weighted by Gasteiger charge is -2.32. The summed E-state index contributed by atoms with van der Waals surface area (Å²) in [5.74, 6) is 0.760. The number of rotatable bonds is 6. The lowest BCUT2D eigenvalue weighted by Crippen LogP contribution is -2.50. The summed E-state index contributed by atoms with van der Waals surface area (Å²) in [6.07, 6.45) is 3.70. The topological polar surface area (TPSA) is 109 Å². The minimum absolute atomic E-state index is 0.0792. The van der Waals surface area contributed by atoms with E-state index in [1.54, 1.807) is 17.0 Å². The number of nitro benzene ring substituents is 1. The fourth-order valence-electron chi connectivity index (χ4n) is 3.06. The SMILES string of the molecule is CCOC(=O)N1CCC(NC(=NCc2ccc([N+](=O)[O-])cc2)NC2CC2)CC1. The number of ether oxygens (including phenoxy) is 1. The number of amides is 1. The molecule has 2 N–H and O–H groups in total. The number of likely N-dealkylation sites (tertiary alicyclic amines) is 1. The van der Waals surface area contributed by atoms with Gasteiger partial charge in [-0.3, -0.25) is 10.1 Å². The van der Waals surface area contributed by atoms with Crippen molar-refractivity contribution in [1.82, 2.24) is 15.5 Å². The van der Waals surface area contributed by atoms with Crippen LogP contribution >= 0.6 is 0 Å². The van der Waals surface area contributed by atoms with E-state index in [-0.39, 0.29) is 17.8 Å². The summed E-state index contributed by atoms with van der Waals surface area (Å²) in [6.45, 7) is 3.97. The zero-order valence-corrected chi connectivity index (χ0v) is 16.1. The van der Waals surface area contributed by atoms with Crippen LogP contribution in [0.15, 0.2) is 29.3 Å². The summed E-state index contributed by atoms with van der Waals surface area (Å²) in [7, 11) is 0. The molecule has 0 spiro atoms. The van der Waals surface area contributed by atoms with Crippen molar-refractivity contribution in [3.8, 4) is 0 Å². The van der Waals surface area contributed by atoms with Gasteiger partial charge < -0.3 is 20.3 Å². The average Bonchev–Trinajstić information content (AvgIpc) is 3.51. The summed E-state index contributed by atoms with van der Waals surface area (Å²) >= 11 is 0. The number of nitrogens with one attached hydrogen (secondary N) is 2. The number of non-ortho nitro benzene ring substituents is 1. The van der Waals surface area contributed by atoms with Crippen molar-refractivity contribution in [2.45, 2.75) is 51.2 Å². The zero-order valence-electron chi connectivity index (χ0n) is 16.1. The highest BCUT2D eigenvalue weighted by Crippen LogP contribution is 2.19. The van der Waals surface area contributed by atoms with Crippen LogP contribution in [0.4, 0.5) is 10.5 Å². The molecular formula is C19H27N5O4. The number of aliphatic imine (C=N–C) groups is 1. The molecule has 3 rings (SSSR count). The lowest BCUT2D eigenvalue weighted by atomic mass is 10.1. The third-order valence-electron chi connectivity index (χ3n) is 4.85. The molecule has 0 unspecified atom stereocenters. The van der Waals surface area contributed by atoms with Gasteiger partial charge in [0, 0.05) is 37.3 Å². The molecule has 2 aliphatic rings. The second-order valence-corrected chi connectivity index (χ2v) is 7.11. The van der Waals surface area contributed by atoms with Crippen molar-refractivity contribution in [3.63, 3.8) is 0 Å². The molecule has 152 valence electrons. The maximum atomic E-state index is 11.8. The minimum atomic E-state index is -0.405. The number of nitrogens with zero attached hydrogens (tertiary/aromatic N) is 3. The van der Waals surface area contributed by atoms with Crippen LogP contribution in [0, 0.1) is 10.1 Å². The number of piperidine rings is 1. The van der Waals surface area contributed by atoms with Gasteiger partial charge in [0.05, 0.1) is 18.1 Å². The normalized spacial score (nSPS) is 17.9. The number of nitro groups is 1. The quantitative estimate of drug-likeness (QED) is 0.335. The first-order valence-electron chi connectivity index (χ1n) is 9.77. The molecule has 28 heavy (non-hydrogen) atoms. The Morgan fingerprint density at radius 2 is 1.79 bits per heavy atom. The Morgan fingerprint density at radius 3 is 2.32 bits per heavy atom. The van der Waals surface area contributed by atoms with Crippen LogP contribution in [0.25, 0.3) is 0 Å². The smallest absolute Gasteiger partial charge is 0.409 e. The number of hydrogen-bond acceptors (Lipinski definition) is 5. The van der Waals surface area contributed by atoms with E-state index in [1.807, 2.05) is 6.92 Å². The Balaban J connectivity index is 1.54. The summed E-state index contributed by atoms with van der Waals surface area (Å²) in [6, 6.07) is 7.16. The van der Waals surface area contributed by atoms with E-state index in [2.05, 4.69) is 15.6 Å². The van der Waals surface area contributed by atoms with Crippen molar-refractivity contribution >= 4 is 17.7 Å². The Labute approximate surface area is 164 Å². The Morgan fingerprint density at radius 1 is 1.18 bits per heavy atom. The predicted octanol–water partition coefficient (Wildman–Crippen LogP) is 2.41. The highest BCUT2D eigenvalue weighted by molar-refractivity contribution is 5.80. The van der Waals surface area contributed by atoms with Crippen LogP contribution in [0.3, 0.4) is 0 Å². The van der Waals surface area contributed by atoms with Crippen molar-refractivity contribution in [2.75, 3.05) is 19.7 Å². The predicted molar refractivity (Wildman–Crippen MR) is 105 cm³/mol. The van der Waals surface area contributed by atoms with E-state index in [4.69, 9.17) is 4.74 Å². The highest BCUT2D eigenvalue weighted by atomic mass is 16.6. The Kier molecular flexibility index (Phi) is 6.67. The van der Waals surface area contributed by atoms with Crippen molar-refractivity contribution in [1.29, 1.82) is 0 Å². The molecule has 1 aliphatic heterocycles. The number of carbonyl (C=O) groups is 1. The van der Waals surface area contributed by atoms with Crippen LogP contribution in [-0.2, 0) is 11.3 Å². The zero-order chi connectivity index (χ0) is 19.9. The van der Waals surface area contributed by atoms with Crippen molar-refractivity contribution in [3.05, 3.63) is 39.9 Å². The molecule has 1 saturated heterocycles. The number of guanidine groups is 1. The van der Waals surface area contributed by atoms with Gasteiger partial charge in [-0.25, -0.2) is 9.79 Å². The van der Waals surface area contributed by atoms with E-state index in [9.17, 15) is 14.9 Å². The molecule has 1 amide bonds. The molecule has 2 fully saturated rings. The number of carbonyl (C=O) groups excluding carboxylic acids is 1. The molecule has 9 nitrogen and oxygen atoms in total. The van der Waals surface area contributed by atoms with Gasteiger partial charge in [0.2, 0.25) is 0 Å². The Bertz CT molecular complexity index is 710. The van der Waals surface area contributed by atoms with Crippen LogP contribution in [0.2, 0.25) is 0 Å². The van der Waals surface area contributed by atoms with E-state index in [0.29, 0.717) is 32.3 Å². The highest BCUT2D eigenvalue weighted by Gasteiger charge is 2.26. The lowest BCUT2D eigenvalue weighted by molar-refractivity contribution is -0.384. The summed E-state index contributed by atoms with van der Waals surface area (Å²) in [5, 5.41) is 17.6. The first-order chi connectivity index (χ1) is 13.5. The van der Waals surface area contributed by atoms with Gasteiger partial charge in [0.25, 0.3) is 5.69 Å². The largest absolute Gasteiger partial charge is 0.450 e. The molecule has 0 radical (unpaired) electrons.